The van der Waals surface area contributed by atoms with Gasteiger partial charge in [0.05, 0.1) is 6.10 Å². The number of carbonyl (C=O) groups is 1. The van der Waals surface area contributed by atoms with E-state index in [9.17, 15) is 9.90 Å². The summed E-state index contributed by atoms with van der Waals surface area (Å²) in [4.78, 5) is 10.7. The number of aliphatic hydroxyl groups excluding tert-OH is 1. The first-order valence-electron chi connectivity index (χ1n) is 4.92. The molecule has 3 nitrogen and oxygen atoms in total. The van der Waals surface area contributed by atoms with E-state index >= 15 is 0 Å². The van der Waals surface area contributed by atoms with Crippen LogP contribution in [0.1, 0.15) is 5.56 Å². The summed E-state index contributed by atoms with van der Waals surface area (Å²) in [6.07, 6.45) is 3.30. The molecule has 0 aliphatic carbocycles. The van der Waals surface area contributed by atoms with Gasteiger partial charge in [0.1, 0.15) is 5.92 Å². The Morgan fingerprint density at radius 2 is 1.94 bits per heavy atom. The van der Waals surface area contributed by atoms with Gasteiger partial charge in [-0.05, 0) is 5.56 Å². The molecule has 0 radical (unpaired) electrons. The predicted octanol–water partition coefficient (Wildman–Crippen LogP) is 1.95. The molecule has 0 fully saturated rings. The molecule has 1 rings (SSSR count). The fourth-order valence-corrected chi connectivity index (χ4v) is 1.28. The minimum Gasteiger partial charge on any atom is -0.481 e. The maximum Gasteiger partial charge on any atom is 0.313 e. The van der Waals surface area contributed by atoms with Crippen LogP contribution in [0.3, 0.4) is 0 Å². The quantitative estimate of drug-likeness (QED) is 0.742. The molecule has 0 heterocycles. The lowest BCUT2D eigenvalue weighted by Crippen LogP contribution is -2.24. The Bertz CT molecular complexity index is 381. The van der Waals surface area contributed by atoms with Crippen LogP contribution in [0.4, 0.5) is 0 Å². The first-order valence-corrected chi connectivity index (χ1v) is 4.92. The van der Waals surface area contributed by atoms with Crippen LogP contribution in [0.2, 0.25) is 0 Å². The second-order valence-electron chi connectivity index (χ2n) is 3.36. The van der Waals surface area contributed by atoms with Crippen molar-refractivity contribution in [2.45, 2.75) is 6.10 Å². The second kappa shape index (κ2) is 5.88. The smallest absolute Gasteiger partial charge is 0.313 e. The number of carboxylic acid groups (broad SMARTS) is 1. The number of benzene rings is 1. The van der Waals surface area contributed by atoms with Crippen LogP contribution in [0.25, 0.3) is 6.08 Å². The molecule has 84 valence electrons. The molecule has 2 N–H and O–H groups in total. The van der Waals surface area contributed by atoms with Gasteiger partial charge in [0.25, 0.3) is 0 Å². The van der Waals surface area contributed by atoms with E-state index in [1.165, 1.54) is 12.2 Å². The summed E-state index contributed by atoms with van der Waals surface area (Å²) in [6, 6.07) is 9.36. The van der Waals surface area contributed by atoms with E-state index in [-0.39, 0.29) is 0 Å². The Kier molecular flexibility index (Phi) is 4.48. The average molecular weight is 218 g/mol. The Balaban J connectivity index is 2.70. The average Bonchev–Trinajstić information content (AvgIpc) is 2.28. The highest BCUT2D eigenvalue weighted by Gasteiger charge is 2.20. The molecule has 0 bridgehead atoms. The summed E-state index contributed by atoms with van der Waals surface area (Å²) >= 11 is 0. The number of aliphatic hydroxyl groups is 1. The first-order chi connectivity index (χ1) is 7.65. The lowest BCUT2D eigenvalue weighted by Gasteiger charge is -2.10. The van der Waals surface area contributed by atoms with Gasteiger partial charge in [0.2, 0.25) is 0 Å². The standard InChI is InChI=1S/C13H14O3/c1-2-11(13(15)16)12(14)9-8-10-6-4-3-5-7-10/h2-9,11-12,14H,1H2,(H,15,16)/b9-8+/t11-,12-/m1/s1. The number of hydrogen-bond donors (Lipinski definition) is 2. The fourth-order valence-electron chi connectivity index (χ4n) is 1.28. The van der Waals surface area contributed by atoms with Crippen LogP contribution in [0, 0.1) is 5.92 Å². The molecule has 0 saturated heterocycles. The highest BCUT2D eigenvalue weighted by atomic mass is 16.4. The summed E-state index contributed by atoms with van der Waals surface area (Å²) in [5, 5.41) is 18.4. The van der Waals surface area contributed by atoms with Crippen LogP contribution in [-0.2, 0) is 4.79 Å². The number of rotatable bonds is 5. The zero-order valence-corrected chi connectivity index (χ0v) is 8.78. The topological polar surface area (TPSA) is 57.5 Å². The second-order valence-corrected chi connectivity index (χ2v) is 3.36. The molecule has 0 spiro atoms. The van der Waals surface area contributed by atoms with Gasteiger partial charge in [-0.1, -0.05) is 48.6 Å². The van der Waals surface area contributed by atoms with Gasteiger partial charge < -0.3 is 10.2 Å². The minimum atomic E-state index is -1.08. The van der Waals surface area contributed by atoms with Crippen molar-refractivity contribution in [3.8, 4) is 0 Å². The van der Waals surface area contributed by atoms with Gasteiger partial charge in [0, 0.05) is 0 Å². The van der Waals surface area contributed by atoms with E-state index in [0.29, 0.717) is 0 Å². The third kappa shape index (κ3) is 3.37. The number of hydrogen-bond acceptors (Lipinski definition) is 2. The van der Waals surface area contributed by atoms with Crippen LogP contribution in [0.5, 0.6) is 0 Å². The molecular weight excluding hydrogens is 204 g/mol. The third-order valence-corrected chi connectivity index (χ3v) is 2.19. The molecule has 2 atom stereocenters. The highest BCUT2D eigenvalue weighted by molar-refractivity contribution is 5.73. The van der Waals surface area contributed by atoms with Crippen LogP contribution in [0.15, 0.2) is 49.1 Å². The van der Waals surface area contributed by atoms with E-state index in [4.69, 9.17) is 5.11 Å². The predicted molar refractivity (Wildman–Crippen MR) is 62.8 cm³/mol. The summed E-state index contributed by atoms with van der Waals surface area (Å²) in [6.45, 7) is 3.38. The summed E-state index contributed by atoms with van der Waals surface area (Å²) in [5.41, 5.74) is 0.912. The fraction of sp³-hybridized carbons (Fsp3) is 0.154. The zero-order valence-electron chi connectivity index (χ0n) is 8.78. The van der Waals surface area contributed by atoms with E-state index in [0.717, 1.165) is 5.56 Å². The zero-order chi connectivity index (χ0) is 12.0. The Morgan fingerprint density at radius 1 is 1.31 bits per heavy atom. The maximum absolute atomic E-state index is 10.7. The Labute approximate surface area is 94.4 Å². The summed E-state index contributed by atoms with van der Waals surface area (Å²) < 4.78 is 0. The van der Waals surface area contributed by atoms with Crippen LogP contribution < -0.4 is 0 Å². The molecular formula is C13H14O3. The van der Waals surface area contributed by atoms with Gasteiger partial charge in [-0.2, -0.15) is 0 Å². The van der Waals surface area contributed by atoms with Crippen molar-refractivity contribution in [3.63, 3.8) is 0 Å². The highest BCUT2D eigenvalue weighted by Crippen LogP contribution is 2.09. The molecule has 1 aromatic carbocycles. The van der Waals surface area contributed by atoms with Crippen molar-refractivity contribution in [2.24, 2.45) is 5.92 Å². The number of carboxylic acids is 1. The molecule has 0 aromatic heterocycles. The van der Waals surface area contributed by atoms with Crippen LogP contribution in [-0.4, -0.2) is 22.3 Å². The molecule has 0 unspecified atom stereocenters. The molecule has 0 amide bonds. The van der Waals surface area contributed by atoms with Crippen molar-refractivity contribution < 1.29 is 15.0 Å². The number of aliphatic carboxylic acids is 1. The monoisotopic (exact) mass is 218 g/mol. The lowest BCUT2D eigenvalue weighted by molar-refractivity contribution is -0.142. The largest absolute Gasteiger partial charge is 0.481 e. The van der Waals surface area contributed by atoms with E-state index in [1.807, 2.05) is 30.3 Å². The van der Waals surface area contributed by atoms with E-state index in [2.05, 4.69) is 6.58 Å². The Hall–Kier alpha value is -1.87. The van der Waals surface area contributed by atoms with Crippen LogP contribution >= 0.6 is 0 Å². The summed E-state index contributed by atoms with van der Waals surface area (Å²) in [5.74, 6) is -2.06. The van der Waals surface area contributed by atoms with Gasteiger partial charge in [-0.15, -0.1) is 6.58 Å². The normalized spacial score (nSPS) is 14.6. The minimum absolute atomic E-state index is 0.912. The Morgan fingerprint density at radius 3 is 2.44 bits per heavy atom. The van der Waals surface area contributed by atoms with Crippen molar-refractivity contribution in [1.29, 1.82) is 0 Å². The molecule has 16 heavy (non-hydrogen) atoms. The van der Waals surface area contributed by atoms with E-state index in [1.54, 1.807) is 6.08 Å². The SMILES string of the molecule is C=C[C@@H](C(=O)O)[C@H](O)/C=C/c1ccccc1. The van der Waals surface area contributed by atoms with Crippen molar-refractivity contribution in [1.82, 2.24) is 0 Å². The lowest BCUT2D eigenvalue weighted by atomic mass is 10.0. The van der Waals surface area contributed by atoms with Gasteiger partial charge in [-0.3, -0.25) is 4.79 Å². The third-order valence-electron chi connectivity index (χ3n) is 2.19. The van der Waals surface area contributed by atoms with E-state index < -0.39 is 18.0 Å². The molecule has 0 saturated carbocycles. The first kappa shape index (κ1) is 12.2. The van der Waals surface area contributed by atoms with Crippen molar-refractivity contribution >= 4 is 12.0 Å². The molecule has 0 aliphatic heterocycles. The van der Waals surface area contributed by atoms with Gasteiger partial charge in [0.15, 0.2) is 0 Å². The molecule has 1 aromatic rings. The van der Waals surface area contributed by atoms with Gasteiger partial charge in [-0.25, -0.2) is 0 Å². The van der Waals surface area contributed by atoms with Gasteiger partial charge >= 0.3 is 5.97 Å². The maximum atomic E-state index is 10.7. The molecule has 0 aliphatic rings. The summed E-state index contributed by atoms with van der Waals surface area (Å²) in [7, 11) is 0. The molecule has 3 heteroatoms. The van der Waals surface area contributed by atoms with Crippen molar-refractivity contribution in [3.05, 3.63) is 54.6 Å². The van der Waals surface area contributed by atoms with Crippen molar-refractivity contribution in [2.75, 3.05) is 0 Å².